The van der Waals surface area contributed by atoms with Gasteiger partial charge in [0, 0.05) is 5.69 Å². The van der Waals surface area contributed by atoms with Crippen LogP contribution in [0.3, 0.4) is 0 Å². The fourth-order valence-electron chi connectivity index (χ4n) is 3.23. The molecule has 2 amide bonds. The minimum absolute atomic E-state index is 0.116. The molecule has 0 aliphatic rings. The molecule has 3 aromatic carbocycles. The monoisotopic (exact) mass is 615 g/mol. The molecule has 7 nitrogen and oxygen atoms in total. The van der Waals surface area contributed by atoms with E-state index >= 15 is 0 Å². The van der Waals surface area contributed by atoms with Gasteiger partial charge in [-0.2, -0.15) is 5.26 Å². The first-order valence-electron chi connectivity index (χ1n) is 10.8. The van der Waals surface area contributed by atoms with Crippen LogP contribution in [0.2, 0.25) is 5.02 Å². The summed E-state index contributed by atoms with van der Waals surface area (Å²) in [7, 11) is 1.47. The third-order valence-electron chi connectivity index (χ3n) is 5.06. The molecule has 9 heteroatoms. The van der Waals surface area contributed by atoms with Crippen molar-refractivity contribution in [1.29, 1.82) is 5.26 Å². The van der Waals surface area contributed by atoms with Crippen molar-refractivity contribution < 1.29 is 19.1 Å². The van der Waals surface area contributed by atoms with Gasteiger partial charge in [0.1, 0.15) is 11.6 Å². The van der Waals surface area contributed by atoms with E-state index in [2.05, 4.69) is 10.6 Å². The van der Waals surface area contributed by atoms with Crippen molar-refractivity contribution >= 4 is 63.5 Å². The second-order valence-corrected chi connectivity index (χ2v) is 9.36. The topological polar surface area (TPSA) is 100 Å². The van der Waals surface area contributed by atoms with Crippen molar-refractivity contribution in [3.63, 3.8) is 0 Å². The van der Waals surface area contributed by atoms with Crippen LogP contribution < -0.4 is 20.1 Å². The number of hydrogen-bond acceptors (Lipinski definition) is 5. The van der Waals surface area contributed by atoms with Crippen LogP contribution in [-0.4, -0.2) is 25.5 Å². The summed E-state index contributed by atoms with van der Waals surface area (Å²) < 4.78 is 11.9. The van der Waals surface area contributed by atoms with Crippen molar-refractivity contribution in [1.82, 2.24) is 0 Å². The third-order valence-corrected chi connectivity index (χ3v) is 6.20. The summed E-state index contributed by atoms with van der Waals surface area (Å²) in [4.78, 5) is 25.1. The summed E-state index contributed by atoms with van der Waals surface area (Å²) >= 11 is 8.14. The zero-order valence-corrected chi connectivity index (χ0v) is 22.7. The quantitative estimate of drug-likeness (QED) is 0.180. The number of methoxy groups -OCH3 is 1. The first-order valence-corrected chi connectivity index (χ1v) is 12.2. The van der Waals surface area contributed by atoms with Crippen molar-refractivity contribution in [2.24, 2.45) is 0 Å². The molecule has 0 unspecified atom stereocenters. The number of halogens is 2. The van der Waals surface area contributed by atoms with E-state index < -0.39 is 5.91 Å². The highest BCUT2D eigenvalue weighted by atomic mass is 127. The van der Waals surface area contributed by atoms with Gasteiger partial charge in [0.2, 0.25) is 0 Å². The normalized spacial score (nSPS) is 10.8. The predicted octanol–water partition coefficient (Wildman–Crippen LogP) is 6.13. The molecular formula is C27H23ClIN3O4. The van der Waals surface area contributed by atoms with Crippen molar-refractivity contribution in [2.45, 2.75) is 13.8 Å². The molecule has 3 rings (SSSR count). The van der Waals surface area contributed by atoms with Crippen molar-refractivity contribution in [2.75, 3.05) is 24.4 Å². The Hall–Kier alpha value is -3.55. The van der Waals surface area contributed by atoms with Crippen LogP contribution in [0, 0.1) is 28.7 Å². The maximum atomic E-state index is 12.6. The molecule has 0 aliphatic carbocycles. The predicted molar refractivity (Wildman–Crippen MR) is 149 cm³/mol. The van der Waals surface area contributed by atoms with Gasteiger partial charge in [-0.25, -0.2) is 0 Å². The van der Waals surface area contributed by atoms with Gasteiger partial charge in [0.05, 0.1) is 21.4 Å². The number of para-hydroxylation sites is 1. The molecule has 0 saturated heterocycles. The Morgan fingerprint density at radius 1 is 1.08 bits per heavy atom. The Morgan fingerprint density at radius 3 is 2.53 bits per heavy atom. The summed E-state index contributed by atoms with van der Waals surface area (Å²) in [5.41, 5.74) is 3.55. The highest BCUT2D eigenvalue weighted by molar-refractivity contribution is 14.1. The summed E-state index contributed by atoms with van der Waals surface area (Å²) in [6.07, 6.45) is 1.44. The standard InChI is InChI=1S/C27H23ClIN3O4/c1-16-8-9-17(2)23(10-16)31-25(33)15-36-26-21(29)12-18(13-24(26)35-3)11-19(14-30)27(34)32-22-7-5-4-6-20(22)28/h4-13H,15H2,1-3H3,(H,31,33)(H,32,34)/b19-11+. The maximum Gasteiger partial charge on any atom is 0.266 e. The number of carbonyl (C=O) groups excluding carboxylic acids is 2. The lowest BCUT2D eigenvalue weighted by molar-refractivity contribution is -0.118. The van der Waals surface area contributed by atoms with Gasteiger partial charge in [-0.05, 0) is 89.5 Å². The lowest BCUT2D eigenvalue weighted by Gasteiger charge is -2.14. The zero-order chi connectivity index (χ0) is 26.2. The minimum atomic E-state index is -0.594. The summed E-state index contributed by atoms with van der Waals surface area (Å²) in [5.74, 6) is -0.168. The molecule has 184 valence electrons. The lowest BCUT2D eigenvalue weighted by atomic mass is 10.1. The van der Waals surface area contributed by atoms with Gasteiger partial charge < -0.3 is 20.1 Å². The number of hydrogen-bond donors (Lipinski definition) is 2. The second kappa shape index (κ2) is 12.4. The molecule has 0 fully saturated rings. The van der Waals surface area contributed by atoms with E-state index in [-0.39, 0.29) is 18.1 Å². The van der Waals surface area contributed by atoms with E-state index in [1.54, 1.807) is 36.4 Å². The number of amides is 2. The number of nitriles is 1. The molecule has 0 saturated carbocycles. The van der Waals surface area contributed by atoms with Gasteiger partial charge in [0.25, 0.3) is 11.8 Å². The van der Waals surface area contributed by atoms with Gasteiger partial charge in [-0.1, -0.05) is 35.9 Å². The number of benzene rings is 3. The highest BCUT2D eigenvalue weighted by Crippen LogP contribution is 2.35. The first-order chi connectivity index (χ1) is 17.2. The Labute approximate surface area is 228 Å². The molecule has 0 spiro atoms. The number of aryl methyl sites for hydroxylation is 2. The molecule has 3 aromatic rings. The van der Waals surface area contributed by atoms with Crippen molar-refractivity contribution in [3.05, 3.63) is 85.5 Å². The van der Waals surface area contributed by atoms with Gasteiger partial charge in [0.15, 0.2) is 18.1 Å². The maximum absolute atomic E-state index is 12.6. The summed E-state index contributed by atoms with van der Waals surface area (Å²) in [5, 5.41) is 15.4. The minimum Gasteiger partial charge on any atom is -0.493 e. The van der Waals surface area contributed by atoms with Crippen LogP contribution in [0.15, 0.2) is 60.2 Å². The Bertz CT molecular complexity index is 1380. The molecular weight excluding hydrogens is 593 g/mol. The van der Waals surface area contributed by atoms with Crippen LogP contribution in [-0.2, 0) is 9.59 Å². The number of carbonyl (C=O) groups is 2. The third kappa shape index (κ3) is 6.99. The second-order valence-electron chi connectivity index (χ2n) is 7.79. The molecule has 0 aliphatic heterocycles. The molecule has 0 radical (unpaired) electrons. The number of anilines is 2. The summed E-state index contributed by atoms with van der Waals surface area (Å²) in [6.45, 7) is 3.64. The number of nitrogens with zero attached hydrogens (tertiary/aromatic N) is 1. The lowest BCUT2D eigenvalue weighted by Crippen LogP contribution is -2.21. The smallest absolute Gasteiger partial charge is 0.266 e. The molecule has 36 heavy (non-hydrogen) atoms. The van der Waals surface area contributed by atoms with Crippen LogP contribution in [0.25, 0.3) is 6.08 Å². The first kappa shape index (κ1) is 27.0. The zero-order valence-electron chi connectivity index (χ0n) is 19.8. The number of nitrogens with one attached hydrogen (secondary N) is 2. The van der Waals surface area contributed by atoms with E-state index in [4.69, 9.17) is 21.1 Å². The van der Waals surface area contributed by atoms with Crippen LogP contribution in [0.5, 0.6) is 11.5 Å². The molecule has 2 N–H and O–H groups in total. The Morgan fingerprint density at radius 2 is 1.83 bits per heavy atom. The van der Waals surface area contributed by atoms with Crippen LogP contribution in [0.4, 0.5) is 11.4 Å². The van der Waals surface area contributed by atoms with E-state index in [1.165, 1.54) is 13.2 Å². The van der Waals surface area contributed by atoms with Crippen LogP contribution in [0.1, 0.15) is 16.7 Å². The van der Waals surface area contributed by atoms with Gasteiger partial charge in [-0.3, -0.25) is 9.59 Å². The van der Waals surface area contributed by atoms with Gasteiger partial charge in [-0.15, -0.1) is 0 Å². The number of ether oxygens (including phenoxy) is 2. The van der Waals surface area contributed by atoms with E-state index in [0.717, 1.165) is 16.8 Å². The fraction of sp³-hybridized carbons (Fsp3) is 0.148. The summed E-state index contributed by atoms with van der Waals surface area (Å²) in [6, 6.07) is 17.8. The average molecular weight is 616 g/mol. The Balaban J connectivity index is 1.76. The SMILES string of the molecule is COc1cc(/C=C(\C#N)C(=O)Nc2ccccc2Cl)cc(I)c1OCC(=O)Nc1cc(C)ccc1C. The van der Waals surface area contributed by atoms with Crippen molar-refractivity contribution in [3.8, 4) is 17.6 Å². The van der Waals surface area contributed by atoms with E-state index in [9.17, 15) is 14.9 Å². The molecule has 0 heterocycles. The van der Waals surface area contributed by atoms with E-state index in [0.29, 0.717) is 31.3 Å². The number of rotatable bonds is 8. The molecule has 0 bridgehead atoms. The fourth-order valence-corrected chi connectivity index (χ4v) is 4.19. The largest absolute Gasteiger partial charge is 0.493 e. The van der Waals surface area contributed by atoms with E-state index in [1.807, 2.05) is 60.7 Å². The Kier molecular flexibility index (Phi) is 9.33. The molecule has 0 atom stereocenters. The highest BCUT2D eigenvalue weighted by Gasteiger charge is 2.16. The molecule has 0 aromatic heterocycles. The van der Waals surface area contributed by atoms with Gasteiger partial charge >= 0.3 is 0 Å². The van der Waals surface area contributed by atoms with Crippen LogP contribution >= 0.6 is 34.2 Å². The average Bonchev–Trinajstić information content (AvgIpc) is 2.85.